The Morgan fingerprint density at radius 3 is 1.96 bits per heavy atom. The van der Waals surface area contributed by atoms with Crippen molar-refractivity contribution in [1.82, 2.24) is 5.32 Å². The van der Waals surface area contributed by atoms with E-state index in [2.05, 4.69) is 5.32 Å². The van der Waals surface area contributed by atoms with Gasteiger partial charge in [-0.15, -0.1) is 0 Å². The molecule has 1 aromatic carbocycles. The number of benzene rings is 1. The van der Waals surface area contributed by atoms with Gasteiger partial charge in [-0.1, -0.05) is 12.1 Å². The third kappa shape index (κ3) is 8.34. The fourth-order valence-corrected chi connectivity index (χ4v) is 6.65. The van der Waals surface area contributed by atoms with Crippen molar-refractivity contribution in [1.29, 1.82) is 0 Å². The summed E-state index contributed by atoms with van der Waals surface area (Å²) < 4.78 is 36.5. The minimum atomic E-state index is -1.40. The molecule has 1 saturated carbocycles. The van der Waals surface area contributed by atoms with Gasteiger partial charge >= 0.3 is 0 Å². The zero-order valence-corrected chi connectivity index (χ0v) is 26.0. The third-order valence-electron chi connectivity index (χ3n) is 9.37. The Bertz CT molecular complexity index is 1100. The number of rotatable bonds is 12. The maximum absolute atomic E-state index is 11.7. The van der Waals surface area contributed by atoms with Crippen LogP contribution in [0.2, 0.25) is 0 Å². The lowest BCUT2D eigenvalue weighted by Crippen LogP contribution is -2.66. The van der Waals surface area contributed by atoms with E-state index in [-0.39, 0.29) is 24.5 Å². The molecule has 16 nitrogen and oxygen atoms in total. The molecule has 3 saturated heterocycles. The number of aliphatic hydroxyl groups excluding tert-OH is 3. The van der Waals surface area contributed by atoms with Crippen LogP contribution >= 0.6 is 0 Å². The van der Waals surface area contributed by atoms with Gasteiger partial charge in [-0.05, 0) is 49.8 Å². The highest BCUT2D eigenvalue weighted by Crippen LogP contribution is 2.34. The van der Waals surface area contributed by atoms with Crippen molar-refractivity contribution in [2.45, 2.75) is 131 Å². The molecule has 0 spiro atoms. The Hall–Kier alpha value is -1.58. The smallest absolute Gasteiger partial charge is 0.187 e. The molecule has 0 unspecified atom stereocenters. The summed E-state index contributed by atoms with van der Waals surface area (Å²) in [5, 5.41) is 46.4. The van der Waals surface area contributed by atoms with E-state index in [1.54, 1.807) is 18.2 Å². The molecule has 15 atom stereocenters. The minimum absolute atomic E-state index is 0.121. The molecule has 4 aliphatic rings. The van der Waals surface area contributed by atoms with Gasteiger partial charge in [-0.2, -0.15) is 0 Å². The van der Waals surface area contributed by atoms with Crippen LogP contribution in [-0.2, 0) is 35.0 Å². The molecule has 46 heavy (non-hydrogen) atoms. The van der Waals surface area contributed by atoms with Gasteiger partial charge in [0.05, 0.1) is 37.0 Å². The SMILES string of the molecule is NC[C@@H]1CC[C@@H](N)[C@@H](O[C@H]2[C@H](O[C@@H]3O[C@H](CO)[C@@H](O[C@H]4O[C@@H](CN)CC[C@H]4N)[C@H]3O)[C@@H](O)[C@H](NCc3cccc(O)c3)C[C@@H]2N)O1. The topological polar surface area (TPSA) is 278 Å². The summed E-state index contributed by atoms with van der Waals surface area (Å²) >= 11 is 0. The van der Waals surface area contributed by atoms with Gasteiger partial charge in [-0.3, -0.25) is 0 Å². The summed E-state index contributed by atoms with van der Waals surface area (Å²) in [6.45, 7) is 0.412. The molecule has 0 aromatic heterocycles. The molecule has 15 N–H and O–H groups in total. The van der Waals surface area contributed by atoms with Crippen LogP contribution in [0.4, 0.5) is 0 Å². The highest BCUT2D eigenvalue weighted by atomic mass is 16.8. The van der Waals surface area contributed by atoms with Crippen molar-refractivity contribution in [3.63, 3.8) is 0 Å². The van der Waals surface area contributed by atoms with E-state index in [1.807, 2.05) is 6.07 Å². The van der Waals surface area contributed by atoms with E-state index in [0.717, 1.165) is 5.56 Å². The Labute approximate surface area is 268 Å². The standard InChI is InChI=1S/C30H52N6O10/c31-10-16-4-6-18(33)28(41-16)44-25-20(35)9-21(36-12-14-2-1-3-15(38)8-14)23(39)27(25)46-30-24(40)26(22(13-37)43-30)45-29-19(34)7-5-17(11-32)42-29/h1-3,8,16-30,36-40H,4-7,9-13,31-35H2/t16-,17+,18+,19+,20-,21+,22+,23-,24+,25+,26+,27+,28+,29+,30-/m0/s1. The molecule has 0 amide bonds. The molecule has 262 valence electrons. The zero-order valence-electron chi connectivity index (χ0n) is 26.0. The van der Waals surface area contributed by atoms with Crippen molar-refractivity contribution in [3.05, 3.63) is 29.8 Å². The Morgan fingerprint density at radius 1 is 0.761 bits per heavy atom. The van der Waals surface area contributed by atoms with E-state index < -0.39 is 86.3 Å². The average molecular weight is 657 g/mol. The first-order valence-electron chi connectivity index (χ1n) is 16.2. The molecule has 3 aliphatic heterocycles. The number of phenolic OH excluding ortho intramolecular Hbond substituents is 1. The van der Waals surface area contributed by atoms with Crippen LogP contribution in [0.3, 0.4) is 0 Å². The number of aromatic hydroxyl groups is 1. The predicted molar refractivity (Wildman–Crippen MR) is 164 cm³/mol. The van der Waals surface area contributed by atoms with Crippen molar-refractivity contribution < 1.29 is 48.8 Å². The van der Waals surface area contributed by atoms with E-state index >= 15 is 0 Å². The summed E-state index contributed by atoms with van der Waals surface area (Å²) in [7, 11) is 0. The van der Waals surface area contributed by atoms with Gasteiger partial charge in [0, 0.05) is 31.7 Å². The molecular formula is C30H52N6O10. The van der Waals surface area contributed by atoms with E-state index in [4.69, 9.17) is 57.1 Å². The average Bonchev–Trinajstić information content (AvgIpc) is 3.34. The zero-order chi connectivity index (χ0) is 33.0. The second kappa shape index (κ2) is 16.2. The minimum Gasteiger partial charge on any atom is -0.508 e. The normalized spacial score (nSPS) is 43.5. The summed E-state index contributed by atoms with van der Waals surface area (Å²) in [5.41, 5.74) is 31.7. The second-order valence-electron chi connectivity index (χ2n) is 12.8. The predicted octanol–water partition coefficient (Wildman–Crippen LogP) is -3.24. The van der Waals surface area contributed by atoms with Crippen LogP contribution in [0, 0.1) is 0 Å². The lowest BCUT2D eigenvalue weighted by molar-refractivity contribution is -0.288. The highest BCUT2D eigenvalue weighted by Gasteiger charge is 2.53. The molecule has 4 fully saturated rings. The van der Waals surface area contributed by atoms with Crippen LogP contribution < -0.4 is 34.0 Å². The molecule has 1 aromatic rings. The molecule has 16 heteroatoms. The maximum Gasteiger partial charge on any atom is 0.187 e. The summed E-state index contributed by atoms with van der Waals surface area (Å²) in [5.74, 6) is 0.121. The number of hydrogen-bond donors (Lipinski definition) is 10. The van der Waals surface area contributed by atoms with Gasteiger partial charge in [-0.25, -0.2) is 0 Å². The largest absolute Gasteiger partial charge is 0.508 e. The van der Waals surface area contributed by atoms with Crippen LogP contribution in [0.5, 0.6) is 5.75 Å². The first-order valence-corrected chi connectivity index (χ1v) is 16.2. The summed E-state index contributed by atoms with van der Waals surface area (Å²) in [4.78, 5) is 0. The number of nitrogens with one attached hydrogen (secondary N) is 1. The third-order valence-corrected chi connectivity index (χ3v) is 9.37. The lowest BCUT2D eigenvalue weighted by Gasteiger charge is -2.46. The second-order valence-corrected chi connectivity index (χ2v) is 12.8. The molecule has 0 bridgehead atoms. The van der Waals surface area contributed by atoms with E-state index in [1.165, 1.54) is 0 Å². The Kier molecular flexibility index (Phi) is 12.6. The Morgan fingerprint density at radius 2 is 1.37 bits per heavy atom. The van der Waals surface area contributed by atoms with Crippen molar-refractivity contribution in [2.24, 2.45) is 28.7 Å². The first kappa shape index (κ1) is 35.7. The van der Waals surface area contributed by atoms with Gasteiger partial charge in [0.15, 0.2) is 18.9 Å². The van der Waals surface area contributed by atoms with E-state index in [9.17, 15) is 20.4 Å². The van der Waals surface area contributed by atoms with Gasteiger partial charge in [0.25, 0.3) is 0 Å². The molecule has 0 radical (unpaired) electrons. The van der Waals surface area contributed by atoms with Crippen LogP contribution in [0.25, 0.3) is 0 Å². The summed E-state index contributed by atoms with van der Waals surface area (Å²) in [6.07, 6.45) is -7.38. The number of phenols is 1. The summed E-state index contributed by atoms with van der Waals surface area (Å²) in [6, 6.07) is 4.59. The van der Waals surface area contributed by atoms with Crippen LogP contribution in [0.1, 0.15) is 37.7 Å². The number of nitrogens with two attached hydrogens (primary N) is 5. The number of hydrogen-bond acceptors (Lipinski definition) is 16. The molecule has 5 rings (SSSR count). The Balaban J connectivity index is 1.33. The monoisotopic (exact) mass is 656 g/mol. The first-order chi connectivity index (χ1) is 22.1. The quantitative estimate of drug-likeness (QED) is 0.106. The van der Waals surface area contributed by atoms with Gasteiger partial charge in [0.2, 0.25) is 0 Å². The van der Waals surface area contributed by atoms with Crippen molar-refractivity contribution in [2.75, 3.05) is 19.7 Å². The van der Waals surface area contributed by atoms with Crippen LogP contribution in [-0.4, -0.2) is 132 Å². The maximum atomic E-state index is 11.7. The van der Waals surface area contributed by atoms with E-state index in [0.29, 0.717) is 45.2 Å². The molecule has 3 heterocycles. The molecule has 1 aliphatic carbocycles. The van der Waals surface area contributed by atoms with Crippen molar-refractivity contribution in [3.8, 4) is 5.75 Å². The van der Waals surface area contributed by atoms with Crippen LogP contribution in [0.15, 0.2) is 24.3 Å². The van der Waals surface area contributed by atoms with Gasteiger partial charge < -0.3 is 82.8 Å². The number of aliphatic hydroxyl groups is 3. The van der Waals surface area contributed by atoms with Crippen molar-refractivity contribution >= 4 is 0 Å². The number of ether oxygens (including phenoxy) is 6. The van der Waals surface area contributed by atoms with Gasteiger partial charge in [0.1, 0.15) is 36.3 Å². The fourth-order valence-electron chi connectivity index (χ4n) is 6.65. The fraction of sp³-hybridized carbons (Fsp3) is 0.800. The molecular weight excluding hydrogens is 604 g/mol. The lowest BCUT2D eigenvalue weighted by atomic mass is 9.83. The highest BCUT2D eigenvalue weighted by molar-refractivity contribution is 5.27.